The van der Waals surface area contributed by atoms with E-state index >= 15 is 0 Å². The van der Waals surface area contributed by atoms with Gasteiger partial charge in [0.15, 0.2) is 16.9 Å². The lowest BCUT2D eigenvalue weighted by Crippen LogP contribution is -2.51. The fourth-order valence-electron chi connectivity index (χ4n) is 2.76. The van der Waals surface area contributed by atoms with Gasteiger partial charge in [-0.15, -0.1) is 0 Å². The minimum Gasteiger partial charge on any atom is -0.480 e. The van der Waals surface area contributed by atoms with Crippen molar-refractivity contribution in [3.05, 3.63) is 23.8 Å². The number of aliphatic carboxylic acids is 2. The molecule has 0 bridgehead atoms. The van der Waals surface area contributed by atoms with E-state index < -0.39 is 23.3 Å². The van der Waals surface area contributed by atoms with E-state index in [-0.39, 0.29) is 13.2 Å². The fraction of sp³-hybridized carbons (Fsp3) is 0.385. The molecular weight excluding hydrogens is 252 g/mol. The standard InChI is InChI=1S/C13H12O6/c14-11(15)13(12(16)17)4-3-8(13)7-1-2-9-10(5-7)19-6-18-9/h1-2,5,8H,3-4,6H2,(H,14,15)(H,16,17). The van der Waals surface area contributed by atoms with Crippen molar-refractivity contribution in [1.29, 1.82) is 0 Å². The summed E-state index contributed by atoms with van der Waals surface area (Å²) in [5.74, 6) is -1.96. The topological polar surface area (TPSA) is 93.1 Å². The predicted octanol–water partition coefficient (Wildman–Crippen LogP) is 1.45. The third-order valence-corrected chi connectivity index (χ3v) is 3.98. The van der Waals surface area contributed by atoms with Gasteiger partial charge in [0.1, 0.15) is 0 Å². The minimum absolute atomic E-state index is 0.131. The highest BCUT2D eigenvalue weighted by molar-refractivity contribution is 6.00. The van der Waals surface area contributed by atoms with Crippen molar-refractivity contribution in [2.75, 3.05) is 6.79 Å². The summed E-state index contributed by atoms with van der Waals surface area (Å²) in [4.78, 5) is 22.7. The molecule has 19 heavy (non-hydrogen) atoms. The number of carboxylic acid groups (broad SMARTS) is 2. The summed E-state index contributed by atoms with van der Waals surface area (Å²) >= 11 is 0. The molecule has 1 atom stereocenters. The molecule has 3 rings (SSSR count). The predicted molar refractivity (Wildman–Crippen MR) is 62.2 cm³/mol. The Morgan fingerprint density at radius 2 is 1.84 bits per heavy atom. The molecule has 1 heterocycles. The van der Waals surface area contributed by atoms with Crippen molar-refractivity contribution in [3.63, 3.8) is 0 Å². The lowest BCUT2D eigenvalue weighted by Gasteiger charge is -2.42. The number of rotatable bonds is 3. The summed E-state index contributed by atoms with van der Waals surface area (Å²) in [6, 6.07) is 5.06. The molecule has 1 unspecified atom stereocenters. The second-order valence-corrected chi connectivity index (χ2v) is 4.79. The lowest BCUT2D eigenvalue weighted by molar-refractivity contribution is -0.174. The van der Waals surface area contributed by atoms with Crippen molar-refractivity contribution in [3.8, 4) is 11.5 Å². The lowest BCUT2D eigenvalue weighted by atomic mass is 9.57. The summed E-state index contributed by atoms with van der Waals surface area (Å²) in [5, 5.41) is 18.5. The van der Waals surface area contributed by atoms with Gasteiger partial charge < -0.3 is 19.7 Å². The van der Waals surface area contributed by atoms with Gasteiger partial charge in [-0.05, 0) is 30.5 Å². The molecular formula is C13H12O6. The second-order valence-electron chi connectivity index (χ2n) is 4.79. The van der Waals surface area contributed by atoms with E-state index in [4.69, 9.17) is 9.47 Å². The number of carboxylic acids is 2. The van der Waals surface area contributed by atoms with Gasteiger partial charge in [-0.25, -0.2) is 0 Å². The molecule has 0 radical (unpaired) electrons. The number of hydrogen-bond acceptors (Lipinski definition) is 4. The molecule has 0 spiro atoms. The Balaban J connectivity index is 1.98. The SMILES string of the molecule is O=C(O)C1(C(=O)O)CCC1c1ccc2c(c1)OCO2. The monoisotopic (exact) mass is 264 g/mol. The number of hydrogen-bond donors (Lipinski definition) is 2. The Bertz CT molecular complexity index is 550. The highest BCUT2D eigenvalue weighted by Gasteiger charge is 2.59. The molecule has 6 nitrogen and oxygen atoms in total. The fourth-order valence-corrected chi connectivity index (χ4v) is 2.76. The van der Waals surface area contributed by atoms with Crippen molar-refractivity contribution in [2.45, 2.75) is 18.8 Å². The van der Waals surface area contributed by atoms with E-state index in [9.17, 15) is 19.8 Å². The maximum atomic E-state index is 11.3. The van der Waals surface area contributed by atoms with Crippen LogP contribution in [0.25, 0.3) is 0 Å². The van der Waals surface area contributed by atoms with E-state index in [1.807, 2.05) is 0 Å². The van der Waals surface area contributed by atoms with Crippen LogP contribution < -0.4 is 9.47 Å². The maximum absolute atomic E-state index is 11.3. The summed E-state index contributed by atoms with van der Waals surface area (Å²) in [6.45, 7) is 0.131. The summed E-state index contributed by atoms with van der Waals surface area (Å²) in [6.07, 6.45) is 0.690. The van der Waals surface area contributed by atoms with Crippen LogP contribution in [0.15, 0.2) is 18.2 Å². The first-order valence-electron chi connectivity index (χ1n) is 5.92. The zero-order valence-corrected chi connectivity index (χ0v) is 9.96. The largest absolute Gasteiger partial charge is 0.480 e. The number of benzene rings is 1. The van der Waals surface area contributed by atoms with Crippen molar-refractivity contribution in [1.82, 2.24) is 0 Å². The van der Waals surface area contributed by atoms with E-state index in [0.717, 1.165) is 0 Å². The van der Waals surface area contributed by atoms with Gasteiger partial charge in [-0.2, -0.15) is 0 Å². The molecule has 1 aliphatic heterocycles. The second kappa shape index (κ2) is 3.88. The molecule has 1 aromatic rings. The van der Waals surface area contributed by atoms with Crippen LogP contribution in [-0.2, 0) is 9.59 Å². The number of fused-ring (bicyclic) bond motifs is 1. The summed E-state index contributed by atoms with van der Waals surface area (Å²) in [7, 11) is 0. The highest BCUT2D eigenvalue weighted by atomic mass is 16.7. The molecule has 1 saturated carbocycles. The molecule has 1 aliphatic carbocycles. The highest BCUT2D eigenvalue weighted by Crippen LogP contribution is 2.54. The van der Waals surface area contributed by atoms with Gasteiger partial charge in [0.2, 0.25) is 6.79 Å². The normalized spacial score (nSPS) is 22.6. The van der Waals surface area contributed by atoms with Gasteiger partial charge in [-0.3, -0.25) is 9.59 Å². The molecule has 6 heteroatoms. The van der Waals surface area contributed by atoms with Gasteiger partial charge in [0.05, 0.1) is 0 Å². The average molecular weight is 264 g/mol. The zero-order chi connectivity index (χ0) is 13.6. The van der Waals surface area contributed by atoms with Gasteiger partial charge >= 0.3 is 11.9 Å². The molecule has 0 aromatic heterocycles. The van der Waals surface area contributed by atoms with Crippen LogP contribution in [-0.4, -0.2) is 28.9 Å². The van der Waals surface area contributed by atoms with E-state index in [2.05, 4.69) is 0 Å². The van der Waals surface area contributed by atoms with Crippen molar-refractivity contribution in [2.24, 2.45) is 5.41 Å². The van der Waals surface area contributed by atoms with Crippen LogP contribution in [0, 0.1) is 5.41 Å². The molecule has 0 saturated heterocycles. The Morgan fingerprint density at radius 3 is 2.42 bits per heavy atom. The first-order valence-corrected chi connectivity index (χ1v) is 5.92. The van der Waals surface area contributed by atoms with E-state index in [1.54, 1.807) is 18.2 Å². The van der Waals surface area contributed by atoms with Crippen LogP contribution in [0.1, 0.15) is 24.3 Å². The van der Waals surface area contributed by atoms with Gasteiger partial charge in [-0.1, -0.05) is 6.07 Å². The van der Waals surface area contributed by atoms with Crippen LogP contribution in [0.3, 0.4) is 0 Å². The smallest absolute Gasteiger partial charge is 0.321 e. The number of ether oxygens (including phenoxy) is 2. The Labute approximate surface area is 108 Å². The zero-order valence-electron chi connectivity index (χ0n) is 9.96. The third-order valence-electron chi connectivity index (χ3n) is 3.98. The molecule has 2 N–H and O–H groups in total. The first-order chi connectivity index (χ1) is 9.05. The third kappa shape index (κ3) is 1.49. The maximum Gasteiger partial charge on any atom is 0.321 e. The molecule has 100 valence electrons. The average Bonchev–Trinajstić information content (AvgIpc) is 2.74. The first kappa shape index (κ1) is 11.8. The quantitative estimate of drug-likeness (QED) is 0.802. The van der Waals surface area contributed by atoms with Crippen LogP contribution in [0.4, 0.5) is 0 Å². The molecule has 0 amide bonds. The Kier molecular flexibility index (Phi) is 2.41. The van der Waals surface area contributed by atoms with E-state index in [0.29, 0.717) is 23.5 Å². The summed E-state index contributed by atoms with van der Waals surface area (Å²) < 4.78 is 10.4. The Hall–Kier alpha value is -2.24. The van der Waals surface area contributed by atoms with Crippen molar-refractivity contribution < 1.29 is 29.3 Å². The van der Waals surface area contributed by atoms with Crippen LogP contribution in [0.5, 0.6) is 11.5 Å². The van der Waals surface area contributed by atoms with Crippen molar-refractivity contribution >= 4 is 11.9 Å². The number of carbonyl (C=O) groups is 2. The van der Waals surface area contributed by atoms with Gasteiger partial charge in [0.25, 0.3) is 0 Å². The van der Waals surface area contributed by atoms with Crippen LogP contribution in [0.2, 0.25) is 0 Å². The Morgan fingerprint density at radius 1 is 1.16 bits per heavy atom. The van der Waals surface area contributed by atoms with E-state index in [1.165, 1.54) is 0 Å². The van der Waals surface area contributed by atoms with Gasteiger partial charge in [0, 0.05) is 5.92 Å². The molecule has 1 fully saturated rings. The van der Waals surface area contributed by atoms with Crippen LogP contribution >= 0.6 is 0 Å². The molecule has 1 aromatic carbocycles. The summed E-state index contributed by atoms with van der Waals surface area (Å²) in [5.41, 5.74) is -1.05. The molecule has 2 aliphatic rings. The minimum atomic E-state index is -1.71.